The Morgan fingerprint density at radius 2 is 1.52 bits per heavy atom. The normalized spacial score (nSPS) is 14.7. The van der Waals surface area contributed by atoms with Gasteiger partial charge in [0.15, 0.2) is 11.5 Å². The molecule has 2 aromatic carbocycles. The summed E-state index contributed by atoms with van der Waals surface area (Å²) < 4.78 is 5.23. The molecule has 0 saturated heterocycles. The van der Waals surface area contributed by atoms with Gasteiger partial charge in [0.25, 0.3) is 0 Å². The summed E-state index contributed by atoms with van der Waals surface area (Å²) in [4.78, 5) is 25.2. The average Bonchev–Trinajstić information content (AvgIpc) is 2.58. The van der Waals surface area contributed by atoms with Crippen LogP contribution in [0.4, 0.5) is 0 Å². The molecular weight excluding hydrogens is 292 g/mol. The van der Waals surface area contributed by atoms with E-state index in [1.807, 2.05) is 6.07 Å². The second-order valence-electron chi connectivity index (χ2n) is 5.07. The van der Waals surface area contributed by atoms with Gasteiger partial charge in [0.2, 0.25) is 5.78 Å². The zero-order chi connectivity index (χ0) is 16.4. The van der Waals surface area contributed by atoms with E-state index in [1.165, 1.54) is 25.3 Å². The van der Waals surface area contributed by atoms with Gasteiger partial charge in [-0.25, -0.2) is 0 Å². The van der Waals surface area contributed by atoms with Crippen molar-refractivity contribution >= 4 is 22.7 Å². The van der Waals surface area contributed by atoms with Crippen LogP contribution in [0.5, 0.6) is 5.75 Å². The van der Waals surface area contributed by atoms with Crippen molar-refractivity contribution in [1.29, 1.82) is 0 Å². The molecule has 1 aliphatic carbocycles. The van der Waals surface area contributed by atoms with Gasteiger partial charge in [-0.3, -0.25) is 9.59 Å². The molecule has 0 fully saturated rings. The topological polar surface area (TPSA) is 63.6 Å². The minimum atomic E-state index is -0.332. The van der Waals surface area contributed by atoms with Gasteiger partial charge < -0.3 is 9.84 Å². The zero-order valence-electron chi connectivity index (χ0n) is 12.4. The summed E-state index contributed by atoms with van der Waals surface area (Å²) in [5, 5.41) is 9.38. The number of phenolic OH excluding ortho intramolecular Hbond substituents is 1. The molecule has 0 saturated carbocycles. The Morgan fingerprint density at radius 1 is 0.870 bits per heavy atom. The first-order valence-electron chi connectivity index (χ1n) is 7.05. The van der Waals surface area contributed by atoms with Crippen LogP contribution in [0.25, 0.3) is 11.1 Å². The van der Waals surface area contributed by atoms with E-state index in [0.717, 1.165) is 0 Å². The maximum atomic E-state index is 12.7. The maximum Gasteiger partial charge on any atom is 0.229 e. The quantitative estimate of drug-likeness (QED) is 0.885. The third kappa shape index (κ3) is 2.66. The lowest BCUT2D eigenvalue weighted by Crippen LogP contribution is -2.19. The van der Waals surface area contributed by atoms with E-state index in [2.05, 4.69) is 0 Å². The van der Waals surface area contributed by atoms with Gasteiger partial charge in [-0.15, -0.1) is 0 Å². The van der Waals surface area contributed by atoms with Crippen LogP contribution in [0.1, 0.15) is 11.1 Å². The third-order valence-electron chi connectivity index (χ3n) is 3.64. The lowest BCUT2D eigenvalue weighted by atomic mass is 9.87. The number of allylic oxidation sites excluding steroid dienone is 3. The van der Waals surface area contributed by atoms with Crippen LogP contribution in [0, 0.1) is 0 Å². The smallest absolute Gasteiger partial charge is 0.229 e. The van der Waals surface area contributed by atoms with Crippen LogP contribution in [-0.4, -0.2) is 23.8 Å². The Hall–Kier alpha value is -3.14. The van der Waals surface area contributed by atoms with E-state index in [-0.39, 0.29) is 28.6 Å². The van der Waals surface area contributed by atoms with E-state index in [1.54, 1.807) is 36.4 Å². The number of carbonyl (C=O) groups is 2. The number of phenols is 1. The summed E-state index contributed by atoms with van der Waals surface area (Å²) in [5.74, 6) is -0.530. The van der Waals surface area contributed by atoms with Gasteiger partial charge in [-0.2, -0.15) is 0 Å². The fraction of sp³-hybridized carbons (Fsp3) is 0.0526. The number of hydrogen-bond donors (Lipinski definition) is 1. The molecule has 114 valence electrons. The zero-order valence-corrected chi connectivity index (χ0v) is 12.4. The van der Waals surface area contributed by atoms with Crippen LogP contribution in [0.15, 0.2) is 66.4 Å². The third-order valence-corrected chi connectivity index (χ3v) is 3.64. The van der Waals surface area contributed by atoms with Crippen LogP contribution in [-0.2, 0) is 14.3 Å². The molecule has 0 radical (unpaired) electrons. The number of methoxy groups -OCH3 is 1. The number of Topliss-reactive ketones (excluding diaryl/α,β-unsaturated/α-hetero) is 1. The van der Waals surface area contributed by atoms with Gasteiger partial charge in [0.1, 0.15) is 5.75 Å². The molecule has 2 aromatic rings. The van der Waals surface area contributed by atoms with Gasteiger partial charge in [0, 0.05) is 5.57 Å². The first-order chi connectivity index (χ1) is 11.1. The summed E-state index contributed by atoms with van der Waals surface area (Å²) in [6, 6.07) is 15.1. The van der Waals surface area contributed by atoms with Crippen molar-refractivity contribution in [2.45, 2.75) is 0 Å². The van der Waals surface area contributed by atoms with Crippen LogP contribution in [0.2, 0.25) is 0 Å². The number of carbonyl (C=O) groups excluding carboxylic acids is 2. The Labute approximate surface area is 133 Å². The number of rotatable bonds is 3. The van der Waals surface area contributed by atoms with Crippen LogP contribution in [0.3, 0.4) is 0 Å². The minimum Gasteiger partial charge on any atom is -0.508 e. The molecule has 23 heavy (non-hydrogen) atoms. The number of ketones is 2. The van der Waals surface area contributed by atoms with Crippen LogP contribution < -0.4 is 0 Å². The lowest BCUT2D eigenvalue weighted by molar-refractivity contribution is -0.115. The summed E-state index contributed by atoms with van der Waals surface area (Å²) in [6.07, 6.45) is 1.34. The molecule has 0 atom stereocenters. The summed E-state index contributed by atoms with van der Waals surface area (Å²) in [7, 11) is 1.37. The fourth-order valence-corrected chi connectivity index (χ4v) is 2.54. The molecule has 0 heterocycles. The second kappa shape index (κ2) is 5.93. The predicted molar refractivity (Wildman–Crippen MR) is 86.5 cm³/mol. The van der Waals surface area contributed by atoms with Crippen molar-refractivity contribution in [1.82, 2.24) is 0 Å². The monoisotopic (exact) mass is 306 g/mol. The average molecular weight is 306 g/mol. The number of hydrogen-bond acceptors (Lipinski definition) is 4. The lowest BCUT2D eigenvalue weighted by Gasteiger charge is -2.18. The second-order valence-corrected chi connectivity index (χ2v) is 5.07. The fourth-order valence-electron chi connectivity index (χ4n) is 2.54. The molecule has 1 aliphatic rings. The molecule has 0 amide bonds. The molecule has 0 bridgehead atoms. The summed E-state index contributed by atoms with van der Waals surface area (Å²) in [5.41, 5.74) is 1.72. The molecule has 0 aromatic heterocycles. The van der Waals surface area contributed by atoms with E-state index in [0.29, 0.717) is 16.7 Å². The predicted octanol–water partition coefficient (Wildman–Crippen LogP) is 2.99. The van der Waals surface area contributed by atoms with E-state index < -0.39 is 0 Å². The van der Waals surface area contributed by atoms with Gasteiger partial charge in [0.05, 0.1) is 12.7 Å². The first kappa shape index (κ1) is 14.8. The van der Waals surface area contributed by atoms with E-state index in [4.69, 9.17) is 4.74 Å². The standard InChI is InChI=1S/C19H14O4/c1-23-19-17(13-7-9-14(20)10-8-13)16(21)11-15(18(19)22)12-5-3-2-4-6-12/h2-11,20H,1H3. The summed E-state index contributed by atoms with van der Waals surface area (Å²) in [6.45, 7) is 0. The summed E-state index contributed by atoms with van der Waals surface area (Å²) >= 11 is 0. The molecule has 0 unspecified atom stereocenters. The first-order valence-corrected chi connectivity index (χ1v) is 7.05. The van der Waals surface area contributed by atoms with Crippen molar-refractivity contribution in [3.8, 4) is 5.75 Å². The molecule has 0 aliphatic heterocycles. The number of aromatic hydroxyl groups is 1. The van der Waals surface area contributed by atoms with Crippen molar-refractivity contribution in [3.63, 3.8) is 0 Å². The highest BCUT2D eigenvalue weighted by Gasteiger charge is 2.31. The van der Waals surface area contributed by atoms with Crippen molar-refractivity contribution in [3.05, 3.63) is 77.6 Å². The highest BCUT2D eigenvalue weighted by atomic mass is 16.5. The van der Waals surface area contributed by atoms with Gasteiger partial charge in [-0.05, 0) is 29.3 Å². The highest BCUT2D eigenvalue weighted by molar-refractivity contribution is 6.45. The molecule has 3 rings (SSSR count). The van der Waals surface area contributed by atoms with E-state index >= 15 is 0 Å². The Bertz CT molecular complexity index is 827. The van der Waals surface area contributed by atoms with Gasteiger partial charge >= 0.3 is 0 Å². The molecule has 4 nitrogen and oxygen atoms in total. The maximum absolute atomic E-state index is 12.7. The Morgan fingerprint density at radius 3 is 2.13 bits per heavy atom. The van der Waals surface area contributed by atoms with Crippen molar-refractivity contribution < 1.29 is 19.4 Å². The number of benzene rings is 2. The minimum absolute atomic E-state index is 0.0158. The molecule has 4 heteroatoms. The highest BCUT2D eigenvalue weighted by Crippen LogP contribution is 2.32. The number of ether oxygens (including phenoxy) is 1. The Balaban J connectivity index is 2.10. The van der Waals surface area contributed by atoms with Crippen molar-refractivity contribution in [2.24, 2.45) is 0 Å². The molecule has 0 spiro atoms. The van der Waals surface area contributed by atoms with Crippen LogP contribution >= 0.6 is 0 Å². The van der Waals surface area contributed by atoms with Gasteiger partial charge in [-0.1, -0.05) is 42.5 Å². The van der Waals surface area contributed by atoms with Crippen molar-refractivity contribution in [2.75, 3.05) is 7.11 Å². The molecular formula is C19H14O4. The van der Waals surface area contributed by atoms with E-state index in [9.17, 15) is 14.7 Å². The largest absolute Gasteiger partial charge is 0.508 e. The molecule has 1 N–H and O–H groups in total. The Kier molecular flexibility index (Phi) is 3.81. The SMILES string of the molecule is COC1=C(c2ccc(O)cc2)C(=O)C=C(c2ccccc2)C1=O.